The number of aryl methyl sites for hydroxylation is 1. The third-order valence-electron chi connectivity index (χ3n) is 3.53. The second-order valence-electron chi connectivity index (χ2n) is 5.82. The second-order valence-corrected chi connectivity index (χ2v) is 5.82. The number of imidazole rings is 1. The molecule has 1 aromatic carbocycles. The molecule has 0 aliphatic rings. The van der Waals surface area contributed by atoms with Gasteiger partial charge < -0.3 is 19.9 Å². The van der Waals surface area contributed by atoms with E-state index in [1.54, 1.807) is 24.7 Å². The summed E-state index contributed by atoms with van der Waals surface area (Å²) in [7, 11) is 0. The summed E-state index contributed by atoms with van der Waals surface area (Å²) in [6.45, 7) is 3.46. The van der Waals surface area contributed by atoms with Gasteiger partial charge in [0, 0.05) is 32.0 Å². The highest BCUT2D eigenvalue weighted by molar-refractivity contribution is 14.0. The van der Waals surface area contributed by atoms with Crippen molar-refractivity contribution in [3.63, 3.8) is 0 Å². The number of halogens is 4. The number of ether oxygens (including phenoxy) is 1. The van der Waals surface area contributed by atoms with Crippen molar-refractivity contribution < 1.29 is 17.9 Å². The van der Waals surface area contributed by atoms with Gasteiger partial charge in [0.05, 0.1) is 12.9 Å². The number of hydrogen-bond acceptors (Lipinski definition) is 3. The van der Waals surface area contributed by atoms with Crippen molar-refractivity contribution in [2.45, 2.75) is 32.6 Å². The lowest BCUT2D eigenvalue weighted by Crippen LogP contribution is -2.38. The molecule has 0 atom stereocenters. The zero-order valence-electron chi connectivity index (χ0n) is 15.6. The minimum atomic E-state index is -4.34. The van der Waals surface area contributed by atoms with Crippen molar-refractivity contribution in [2.24, 2.45) is 4.99 Å². The van der Waals surface area contributed by atoms with E-state index in [2.05, 4.69) is 20.6 Å². The first kappa shape index (κ1) is 24.1. The predicted octanol–water partition coefficient (Wildman–Crippen LogP) is 3.59. The Morgan fingerprint density at radius 1 is 1.21 bits per heavy atom. The van der Waals surface area contributed by atoms with Crippen LogP contribution in [0.1, 0.15) is 18.9 Å². The molecule has 0 amide bonds. The van der Waals surface area contributed by atoms with Crippen molar-refractivity contribution >= 4 is 29.9 Å². The molecule has 1 aromatic heterocycles. The van der Waals surface area contributed by atoms with Gasteiger partial charge in [-0.3, -0.25) is 0 Å². The first-order chi connectivity index (χ1) is 13.0. The average Bonchev–Trinajstić information content (AvgIpc) is 3.15. The Labute approximate surface area is 179 Å². The molecular weight excluding hydrogens is 486 g/mol. The van der Waals surface area contributed by atoms with E-state index in [-0.39, 0.29) is 29.7 Å². The van der Waals surface area contributed by atoms with Crippen LogP contribution in [-0.2, 0) is 13.1 Å². The van der Waals surface area contributed by atoms with E-state index < -0.39 is 12.8 Å². The van der Waals surface area contributed by atoms with E-state index in [0.29, 0.717) is 12.5 Å². The van der Waals surface area contributed by atoms with Gasteiger partial charge in [0.25, 0.3) is 0 Å². The Balaban J connectivity index is 0.00000392. The minimum Gasteiger partial charge on any atom is -0.484 e. The Bertz CT molecular complexity index is 690. The molecule has 28 heavy (non-hydrogen) atoms. The summed E-state index contributed by atoms with van der Waals surface area (Å²) in [5, 5.41) is 6.42. The van der Waals surface area contributed by atoms with Crippen LogP contribution in [0.4, 0.5) is 13.2 Å². The highest BCUT2D eigenvalue weighted by atomic mass is 127. The van der Waals surface area contributed by atoms with Gasteiger partial charge in [-0.1, -0.05) is 12.1 Å². The summed E-state index contributed by atoms with van der Waals surface area (Å²) in [5.74, 6) is 0.880. The Hall–Kier alpha value is -1.98. The quantitative estimate of drug-likeness (QED) is 0.234. The lowest BCUT2D eigenvalue weighted by atomic mass is 10.2. The lowest BCUT2D eigenvalue weighted by Gasteiger charge is -2.12. The molecule has 0 radical (unpaired) electrons. The van der Waals surface area contributed by atoms with Gasteiger partial charge in [-0.15, -0.1) is 24.0 Å². The molecule has 0 spiro atoms. The first-order valence-electron chi connectivity index (χ1n) is 8.72. The third kappa shape index (κ3) is 9.81. The molecule has 0 saturated heterocycles. The number of rotatable bonds is 9. The Morgan fingerprint density at radius 3 is 2.57 bits per heavy atom. The summed E-state index contributed by atoms with van der Waals surface area (Å²) in [6.07, 6.45) is 2.03. The highest BCUT2D eigenvalue weighted by Gasteiger charge is 2.28. The van der Waals surface area contributed by atoms with Crippen molar-refractivity contribution in [2.75, 3.05) is 19.7 Å². The van der Waals surface area contributed by atoms with Crippen molar-refractivity contribution in [3.05, 3.63) is 48.5 Å². The molecule has 0 saturated carbocycles. The fourth-order valence-electron chi connectivity index (χ4n) is 2.26. The number of nitrogens with one attached hydrogen (secondary N) is 2. The van der Waals surface area contributed by atoms with Crippen LogP contribution in [0, 0.1) is 0 Å². The number of aromatic nitrogens is 2. The van der Waals surface area contributed by atoms with Crippen LogP contribution in [0.3, 0.4) is 0 Å². The number of guanidine groups is 1. The molecular formula is C18H25F3IN5O. The molecule has 1 heterocycles. The smallest absolute Gasteiger partial charge is 0.422 e. The molecule has 2 rings (SSSR count). The lowest BCUT2D eigenvalue weighted by molar-refractivity contribution is -0.153. The monoisotopic (exact) mass is 511 g/mol. The van der Waals surface area contributed by atoms with Crippen LogP contribution < -0.4 is 15.4 Å². The standard InChI is InChI=1S/C18H24F3N5O.HI/c1-2-23-17(24-8-3-10-26-11-9-22-14-26)25-12-15-4-6-16(7-5-15)27-13-18(19,20)21;/h4-7,9,11,14H,2-3,8,10,12-13H2,1H3,(H2,23,24,25);1H. The number of aliphatic imine (C=N–C) groups is 1. The fraction of sp³-hybridized carbons (Fsp3) is 0.444. The Kier molecular flexibility index (Phi) is 10.7. The summed E-state index contributed by atoms with van der Waals surface area (Å²) < 4.78 is 43.1. The normalized spacial score (nSPS) is 11.6. The predicted molar refractivity (Wildman–Crippen MR) is 113 cm³/mol. The number of hydrogen-bond donors (Lipinski definition) is 2. The molecule has 0 bridgehead atoms. The molecule has 0 aliphatic heterocycles. The van der Waals surface area contributed by atoms with Crippen LogP contribution in [0.15, 0.2) is 48.0 Å². The van der Waals surface area contributed by atoms with Crippen molar-refractivity contribution in [1.82, 2.24) is 20.2 Å². The van der Waals surface area contributed by atoms with E-state index in [9.17, 15) is 13.2 Å². The minimum absolute atomic E-state index is 0. The van der Waals surface area contributed by atoms with E-state index in [1.165, 1.54) is 12.1 Å². The molecule has 0 fully saturated rings. The van der Waals surface area contributed by atoms with Crippen molar-refractivity contribution in [1.29, 1.82) is 0 Å². The van der Waals surface area contributed by atoms with Gasteiger partial charge in [0.15, 0.2) is 12.6 Å². The van der Waals surface area contributed by atoms with Gasteiger partial charge in [0.1, 0.15) is 5.75 Å². The number of alkyl halides is 3. The van der Waals surface area contributed by atoms with Crippen LogP contribution in [0.5, 0.6) is 5.75 Å². The summed E-state index contributed by atoms with van der Waals surface area (Å²) >= 11 is 0. The average molecular weight is 511 g/mol. The maximum absolute atomic E-state index is 12.1. The molecule has 6 nitrogen and oxygen atoms in total. The van der Waals surface area contributed by atoms with Crippen LogP contribution in [0.2, 0.25) is 0 Å². The summed E-state index contributed by atoms with van der Waals surface area (Å²) in [4.78, 5) is 8.49. The molecule has 0 aliphatic carbocycles. The number of nitrogens with zero attached hydrogens (tertiary/aromatic N) is 3. The highest BCUT2D eigenvalue weighted by Crippen LogP contribution is 2.19. The SMILES string of the molecule is CCNC(=NCc1ccc(OCC(F)(F)F)cc1)NCCCn1ccnc1.I. The topological polar surface area (TPSA) is 63.5 Å². The Morgan fingerprint density at radius 2 is 1.96 bits per heavy atom. The number of benzene rings is 1. The van der Waals surface area contributed by atoms with E-state index in [1.807, 2.05) is 17.7 Å². The van der Waals surface area contributed by atoms with Crippen molar-refractivity contribution in [3.8, 4) is 5.75 Å². The molecule has 10 heteroatoms. The van der Waals surface area contributed by atoms with Crippen LogP contribution in [0.25, 0.3) is 0 Å². The van der Waals surface area contributed by atoms with Crippen LogP contribution >= 0.6 is 24.0 Å². The van der Waals surface area contributed by atoms with E-state index in [4.69, 9.17) is 4.74 Å². The maximum Gasteiger partial charge on any atom is 0.422 e. The van der Waals surface area contributed by atoms with Gasteiger partial charge in [-0.2, -0.15) is 13.2 Å². The van der Waals surface area contributed by atoms with Gasteiger partial charge in [0.2, 0.25) is 0 Å². The van der Waals surface area contributed by atoms with Gasteiger partial charge >= 0.3 is 6.18 Å². The largest absolute Gasteiger partial charge is 0.484 e. The molecule has 156 valence electrons. The van der Waals surface area contributed by atoms with E-state index >= 15 is 0 Å². The molecule has 2 aromatic rings. The second kappa shape index (κ2) is 12.5. The molecule has 2 N–H and O–H groups in total. The van der Waals surface area contributed by atoms with E-state index in [0.717, 1.165) is 31.6 Å². The fourth-order valence-corrected chi connectivity index (χ4v) is 2.26. The first-order valence-corrected chi connectivity index (χ1v) is 8.72. The summed E-state index contributed by atoms with van der Waals surface area (Å²) in [6, 6.07) is 6.44. The van der Waals surface area contributed by atoms with Gasteiger partial charge in [-0.25, -0.2) is 9.98 Å². The maximum atomic E-state index is 12.1. The van der Waals surface area contributed by atoms with Gasteiger partial charge in [-0.05, 0) is 31.0 Å². The zero-order valence-corrected chi connectivity index (χ0v) is 17.9. The third-order valence-corrected chi connectivity index (χ3v) is 3.53. The summed E-state index contributed by atoms with van der Waals surface area (Å²) in [5.41, 5.74) is 0.880. The van der Waals surface area contributed by atoms with Crippen LogP contribution in [-0.4, -0.2) is 41.4 Å². The zero-order chi connectivity index (χ0) is 19.5. The molecule has 0 unspecified atom stereocenters.